The fourth-order valence-electron chi connectivity index (χ4n) is 2.38. The molecule has 0 aliphatic carbocycles. The molecule has 0 aromatic carbocycles. The number of nitrogens with one attached hydrogen (secondary N) is 1. The summed E-state index contributed by atoms with van der Waals surface area (Å²) >= 11 is 5.92. The largest absolute Gasteiger partial charge is 0.394 e. The second-order valence-electron chi connectivity index (χ2n) is 5.02. The molecule has 23 heavy (non-hydrogen) atoms. The number of H-pyrrole nitrogens is 1. The molecular weight excluding hydrogens is 352 g/mol. The predicted molar refractivity (Wildman–Crippen MR) is 77.1 cm³/mol. The van der Waals surface area contributed by atoms with E-state index in [0.717, 1.165) is 6.26 Å². The van der Waals surface area contributed by atoms with Gasteiger partial charge in [-0.2, -0.15) is 8.42 Å². The van der Waals surface area contributed by atoms with Crippen LogP contribution in [0.4, 0.5) is 0 Å². The van der Waals surface area contributed by atoms with Crippen molar-refractivity contribution in [3.05, 3.63) is 17.3 Å². The summed E-state index contributed by atoms with van der Waals surface area (Å²) in [7, 11) is -3.85. The maximum atomic E-state index is 11.3. The molecule has 0 unspecified atom stereocenters. The molecule has 3 N–H and O–H groups in total. The molecule has 0 bridgehead atoms. The molecule has 0 saturated carbocycles. The van der Waals surface area contributed by atoms with Crippen LogP contribution in [0.5, 0.6) is 0 Å². The van der Waals surface area contributed by atoms with E-state index in [-0.39, 0.29) is 16.6 Å². The third-order valence-electron chi connectivity index (χ3n) is 3.33. The predicted octanol–water partition coefficient (Wildman–Crippen LogP) is -0.856. The average molecular weight is 365 g/mol. The number of nitrogens with zero attached hydrogens (tertiary/aromatic N) is 3. The Morgan fingerprint density at radius 1 is 1.48 bits per heavy atom. The van der Waals surface area contributed by atoms with Gasteiger partial charge in [-0.25, -0.2) is 15.0 Å². The molecular formula is C11H13ClN4O6S. The van der Waals surface area contributed by atoms with E-state index in [9.17, 15) is 18.6 Å². The van der Waals surface area contributed by atoms with Crippen molar-refractivity contribution in [2.24, 2.45) is 0 Å². The fourth-order valence-corrected chi connectivity index (χ4v) is 3.20. The van der Waals surface area contributed by atoms with Crippen LogP contribution in [0, 0.1) is 0 Å². The zero-order valence-corrected chi connectivity index (χ0v) is 13.3. The number of aliphatic hydroxyl groups excluding tert-OH is 2. The first-order chi connectivity index (χ1) is 10.8. The zero-order chi connectivity index (χ0) is 16.8. The number of aromatic amines is 1. The van der Waals surface area contributed by atoms with Crippen molar-refractivity contribution in [1.82, 2.24) is 19.9 Å². The molecule has 2 aromatic rings. The first-order valence-corrected chi connectivity index (χ1v) is 8.68. The van der Waals surface area contributed by atoms with Gasteiger partial charge < -0.3 is 19.9 Å². The Morgan fingerprint density at radius 3 is 2.83 bits per heavy atom. The molecule has 126 valence electrons. The summed E-state index contributed by atoms with van der Waals surface area (Å²) in [6.07, 6.45) is -2.61. The molecule has 3 heterocycles. The van der Waals surface area contributed by atoms with Gasteiger partial charge in [-0.3, -0.25) is 4.18 Å². The quantitative estimate of drug-likeness (QED) is 0.465. The van der Waals surface area contributed by atoms with Gasteiger partial charge in [0, 0.05) is 0 Å². The lowest BCUT2D eigenvalue weighted by atomic mass is 10.1. The van der Waals surface area contributed by atoms with Gasteiger partial charge in [0.15, 0.2) is 10.8 Å². The Labute approximate surface area is 135 Å². The number of aliphatic hydroxyl groups is 2. The lowest BCUT2D eigenvalue weighted by Crippen LogP contribution is -2.37. The Kier molecular flexibility index (Phi) is 4.25. The smallest absolute Gasteiger partial charge is 0.264 e. The lowest BCUT2D eigenvalue weighted by Gasteiger charge is -2.17. The molecule has 0 radical (unpaired) electrons. The monoisotopic (exact) mass is 364 g/mol. The van der Waals surface area contributed by atoms with Gasteiger partial charge >= 0.3 is 0 Å². The van der Waals surface area contributed by atoms with Gasteiger partial charge in [-0.05, 0) is 0 Å². The van der Waals surface area contributed by atoms with Crippen molar-refractivity contribution in [2.75, 3.05) is 12.9 Å². The highest BCUT2D eigenvalue weighted by molar-refractivity contribution is 7.86. The molecule has 12 heteroatoms. The van der Waals surface area contributed by atoms with E-state index in [2.05, 4.69) is 19.9 Å². The molecule has 1 aliphatic rings. The summed E-state index contributed by atoms with van der Waals surface area (Å²) < 4.78 is 32.9. The number of ether oxygens (including phenoxy) is 1. The Hall–Kier alpha value is -1.37. The van der Waals surface area contributed by atoms with E-state index >= 15 is 0 Å². The maximum absolute atomic E-state index is 11.3. The highest BCUT2D eigenvalue weighted by Gasteiger charge is 2.48. The van der Waals surface area contributed by atoms with Crippen LogP contribution in [-0.4, -0.2) is 69.7 Å². The topological polar surface area (TPSA) is 148 Å². The summed E-state index contributed by atoms with van der Waals surface area (Å²) in [5.74, 6) is 0.174. The summed E-state index contributed by atoms with van der Waals surface area (Å²) in [6.45, 7) is -0.533. The first-order valence-electron chi connectivity index (χ1n) is 6.49. The average Bonchev–Trinajstić information content (AvgIpc) is 3.01. The van der Waals surface area contributed by atoms with E-state index in [0.29, 0.717) is 5.52 Å². The van der Waals surface area contributed by atoms with E-state index < -0.39 is 41.1 Å². The Bertz CT molecular complexity index is 827. The second-order valence-corrected chi connectivity index (χ2v) is 6.98. The highest BCUT2D eigenvalue weighted by atomic mass is 35.5. The lowest BCUT2D eigenvalue weighted by molar-refractivity contribution is -0.0207. The number of imidazole rings is 1. The highest BCUT2D eigenvalue weighted by Crippen LogP contribution is 2.35. The molecule has 1 saturated heterocycles. The van der Waals surface area contributed by atoms with Crippen molar-refractivity contribution in [3.8, 4) is 0 Å². The minimum absolute atomic E-state index is 0.142. The van der Waals surface area contributed by atoms with Crippen LogP contribution in [0.1, 0.15) is 11.9 Å². The van der Waals surface area contributed by atoms with E-state index in [1.54, 1.807) is 0 Å². The standard InChI is InChI=1S/C11H13ClN4O6S/c1-23(19,20)22-7-4(2-17)21-8(6(7)18)11-15-5-9(12)13-3-14-10(5)16-11/h3-4,6-8,17-18H,2H2,1H3,(H,13,14,15,16)/t4-,6-,7+,8-/m1/s1. The number of hydrogen-bond donors (Lipinski definition) is 3. The number of fused-ring (bicyclic) bond motifs is 1. The first kappa shape index (κ1) is 16.5. The van der Waals surface area contributed by atoms with E-state index in [4.69, 9.17) is 20.5 Å². The zero-order valence-electron chi connectivity index (χ0n) is 11.7. The minimum atomic E-state index is -3.85. The summed E-state index contributed by atoms with van der Waals surface area (Å²) in [5, 5.41) is 19.8. The molecule has 1 aliphatic heterocycles. The Morgan fingerprint density at radius 2 is 2.22 bits per heavy atom. The molecule has 0 spiro atoms. The number of hydrogen-bond acceptors (Lipinski definition) is 9. The molecule has 0 amide bonds. The SMILES string of the molecule is CS(=O)(=O)O[C@@H]1[C@@H](O)[C@H](c2nc3ncnc(Cl)c3[nH]2)O[C@@H]1CO. The molecule has 1 fully saturated rings. The van der Waals surface area contributed by atoms with Crippen molar-refractivity contribution in [1.29, 1.82) is 0 Å². The van der Waals surface area contributed by atoms with Gasteiger partial charge in [-0.1, -0.05) is 11.6 Å². The second kappa shape index (κ2) is 5.92. The van der Waals surface area contributed by atoms with Gasteiger partial charge in [-0.15, -0.1) is 0 Å². The van der Waals surface area contributed by atoms with Crippen LogP contribution < -0.4 is 0 Å². The normalized spacial score (nSPS) is 28.5. The van der Waals surface area contributed by atoms with Crippen LogP contribution >= 0.6 is 11.6 Å². The molecule has 2 aromatic heterocycles. The summed E-state index contributed by atoms with van der Waals surface area (Å²) in [5.41, 5.74) is 0.622. The minimum Gasteiger partial charge on any atom is -0.394 e. The molecule has 3 rings (SSSR count). The molecule has 10 nitrogen and oxygen atoms in total. The van der Waals surface area contributed by atoms with Crippen LogP contribution in [0.2, 0.25) is 5.15 Å². The van der Waals surface area contributed by atoms with Crippen molar-refractivity contribution < 1.29 is 27.6 Å². The van der Waals surface area contributed by atoms with Crippen molar-refractivity contribution in [2.45, 2.75) is 24.4 Å². The van der Waals surface area contributed by atoms with Crippen LogP contribution in [0.25, 0.3) is 11.2 Å². The number of rotatable bonds is 4. The number of aromatic nitrogens is 4. The van der Waals surface area contributed by atoms with Crippen LogP contribution in [0.15, 0.2) is 6.33 Å². The van der Waals surface area contributed by atoms with Gasteiger partial charge in [0.05, 0.1) is 12.9 Å². The number of halogens is 1. The third-order valence-corrected chi connectivity index (χ3v) is 4.19. The summed E-state index contributed by atoms with van der Waals surface area (Å²) in [6, 6.07) is 0. The van der Waals surface area contributed by atoms with E-state index in [1.165, 1.54) is 6.33 Å². The van der Waals surface area contributed by atoms with Crippen LogP contribution in [0.3, 0.4) is 0 Å². The van der Waals surface area contributed by atoms with E-state index in [1.807, 2.05) is 0 Å². The fraction of sp³-hybridized carbons (Fsp3) is 0.545. The third kappa shape index (κ3) is 3.16. The van der Waals surface area contributed by atoms with Gasteiger partial charge in [0.1, 0.15) is 42.1 Å². The van der Waals surface area contributed by atoms with Crippen molar-refractivity contribution >= 4 is 32.9 Å². The molecule has 4 atom stereocenters. The van der Waals surface area contributed by atoms with Gasteiger partial charge in [0.25, 0.3) is 10.1 Å². The Balaban J connectivity index is 1.94. The van der Waals surface area contributed by atoms with Crippen LogP contribution in [-0.2, 0) is 19.0 Å². The van der Waals surface area contributed by atoms with Gasteiger partial charge in [0.2, 0.25) is 0 Å². The maximum Gasteiger partial charge on any atom is 0.264 e. The summed E-state index contributed by atoms with van der Waals surface area (Å²) in [4.78, 5) is 14.7. The van der Waals surface area contributed by atoms with Crippen molar-refractivity contribution in [3.63, 3.8) is 0 Å².